The topological polar surface area (TPSA) is 83.9 Å². The van der Waals surface area contributed by atoms with E-state index >= 15 is 0 Å². The van der Waals surface area contributed by atoms with E-state index in [9.17, 15) is 13.2 Å². The van der Waals surface area contributed by atoms with Crippen LogP contribution in [-0.2, 0) is 14.3 Å². The summed E-state index contributed by atoms with van der Waals surface area (Å²) in [5.41, 5.74) is 0. The molecule has 2 fully saturated rings. The molecule has 2 unspecified atom stereocenters. The highest BCUT2D eigenvalue weighted by atomic mass is 32.2. The molecule has 0 aromatic carbocycles. The predicted octanol–water partition coefficient (Wildman–Crippen LogP) is 1.27. The fraction of sp³-hybridized carbons (Fsp3) is 0.909. The summed E-state index contributed by atoms with van der Waals surface area (Å²) < 4.78 is 26.4. The van der Waals surface area contributed by atoms with Crippen molar-refractivity contribution in [2.45, 2.75) is 44.2 Å². The first-order chi connectivity index (χ1) is 8.37. The second kappa shape index (κ2) is 5.05. The van der Waals surface area contributed by atoms with Crippen LogP contribution in [-0.4, -0.2) is 49.5 Å². The van der Waals surface area contributed by atoms with Crippen molar-refractivity contribution in [2.24, 2.45) is 5.92 Å². The average Bonchev–Trinajstić information content (AvgIpc) is 2.49. The normalized spacial score (nSPS) is 31.6. The molecule has 2 heterocycles. The molecule has 2 saturated heterocycles. The van der Waals surface area contributed by atoms with Gasteiger partial charge in [0, 0.05) is 12.1 Å². The number of fused-ring (bicyclic) bond motifs is 2. The number of hydrogen-bond acceptors (Lipinski definition) is 4. The molecule has 0 radical (unpaired) electrons. The molecular weight excluding hydrogens is 258 g/mol. The van der Waals surface area contributed by atoms with E-state index < -0.39 is 16.2 Å². The Morgan fingerprint density at radius 3 is 2.33 bits per heavy atom. The van der Waals surface area contributed by atoms with Crippen molar-refractivity contribution in [3.05, 3.63) is 0 Å². The van der Waals surface area contributed by atoms with Crippen LogP contribution in [0.25, 0.3) is 0 Å². The number of amides is 1. The van der Waals surface area contributed by atoms with Crippen molar-refractivity contribution < 1.29 is 22.5 Å². The number of nitrogens with zero attached hydrogens (tertiary/aromatic N) is 1. The summed E-state index contributed by atoms with van der Waals surface area (Å²) in [6.07, 6.45) is 4.43. The Labute approximate surface area is 107 Å². The zero-order valence-corrected chi connectivity index (χ0v) is 11.2. The van der Waals surface area contributed by atoms with Gasteiger partial charge in [0.05, 0.1) is 12.9 Å². The quantitative estimate of drug-likeness (QED) is 0.782. The van der Waals surface area contributed by atoms with Gasteiger partial charge >= 0.3 is 6.09 Å². The highest BCUT2D eigenvalue weighted by Gasteiger charge is 2.43. The Kier molecular flexibility index (Phi) is 3.82. The SMILES string of the molecule is CS(=O)(=O)OCCC1CC2CCC(C1)N2C(=O)O. The minimum atomic E-state index is -3.37. The molecule has 2 rings (SSSR count). The van der Waals surface area contributed by atoms with E-state index in [1.54, 1.807) is 4.90 Å². The molecule has 7 heteroatoms. The summed E-state index contributed by atoms with van der Waals surface area (Å²) in [6.45, 7) is 0.204. The lowest BCUT2D eigenvalue weighted by atomic mass is 9.89. The van der Waals surface area contributed by atoms with Gasteiger partial charge in [-0.05, 0) is 38.0 Å². The summed E-state index contributed by atoms with van der Waals surface area (Å²) in [6, 6.07) is 0.231. The van der Waals surface area contributed by atoms with E-state index in [-0.39, 0.29) is 18.7 Å². The van der Waals surface area contributed by atoms with E-state index in [2.05, 4.69) is 0 Å². The maximum Gasteiger partial charge on any atom is 0.407 e. The van der Waals surface area contributed by atoms with Gasteiger partial charge in [-0.2, -0.15) is 8.42 Å². The number of carbonyl (C=O) groups is 1. The van der Waals surface area contributed by atoms with Gasteiger partial charge in [-0.15, -0.1) is 0 Å². The van der Waals surface area contributed by atoms with Gasteiger partial charge in [0.2, 0.25) is 0 Å². The number of piperidine rings is 1. The van der Waals surface area contributed by atoms with Crippen molar-refractivity contribution in [1.82, 2.24) is 4.90 Å². The first kappa shape index (κ1) is 13.6. The number of rotatable bonds is 4. The lowest BCUT2D eigenvalue weighted by Gasteiger charge is -2.37. The third-order valence-corrected chi connectivity index (χ3v) is 4.47. The van der Waals surface area contributed by atoms with Gasteiger partial charge in [0.1, 0.15) is 0 Å². The molecular formula is C11H19NO5S. The third-order valence-electron chi connectivity index (χ3n) is 3.88. The zero-order valence-electron chi connectivity index (χ0n) is 10.4. The van der Waals surface area contributed by atoms with Crippen molar-refractivity contribution in [2.75, 3.05) is 12.9 Å². The second-order valence-corrected chi connectivity index (χ2v) is 6.87. The molecule has 6 nitrogen and oxygen atoms in total. The lowest BCUT2D eigenvalue weighted by Crippen LogP contribution is -2.46. The Morgan fingerprint density at radius 2 is 1.89 bits per heavy atom. The fourth-order valence-electron chi connectivity index (χ4n) is 3.20. The third kappa shape index (κ3) is 3.14. The lowest BCUT2D eigenvalue weighted by molar-refractivity contribution is 0.0799. The molecule has 0 aromatic heterocycles. The maximum atomic E-state index is 11.1. The van der Waals surface area contributed by atoms with Gasteiger partial charge < -0.3 is 10.0 Å². The summed E-state index contributed by atoms with van der Waals surface area (Å²) in [5.74, 6) is 0.375. The number of hydrogen-bond donors (Lipinski definition) is 1. The Morgan fingerprint density at radius 1 is 1.33 bits per heavy atom. The van der Waals surface area contributed by atoms with Crippen LogP contribution in [0.1, 0.15) is 32.1 Å². The predicted molar refractivity (Wildman–Crippen MR) is 64.8 cm³/mol. The molecule has 0 aromatic rings. The van der Waals surface area contributed by atoms with E-state index in [1.807, 2.05) is 0 Å². The molecule has 1 N–H and O–H groups in total. The second-order valence-electron chi connectivity index (χ2n) is 5.23. The summed E-state index contributed by atoms with van der Waals surface area (Å²) >= 11 is 0. The monoisotopic (exact) mass is 277 g/mol. The summed E-state index contributed by atoms with van der Waals surface area (Å²) in [5, 5.41) is 9.11. The van der Waals surface area contributed by atoms with Crippen LogP contribution >= 0.6 is 0 Å². The van der Waals surface area contributed by atoms with Crippen molar-refractivity contribution >= 4 is 16.2 Å². The number of carboxylic acid groups (broad SMARTS) is 1. The molecule has 2 aliphatic rings. The molecule has 18 heavy (non-hydrogen) atoms. The van der Waals surface area contributed by atoms with Crippen LogP contribution in [0.5, 0.6) is 0 Å². The fourth-order valence-corrected chi connectivity index (χ4v) is 3.60. The molecule has 0 saturated carbocycles. The van der Waals surface area contributed by atoms with Gasteiger partial charge in [0.25, 0.3) is 10.1 Å². The highest BCUT2D eigenvalue weighted by Crippen LogP contribution is 2.39. The van der Waals surface area contributed by atoms with Gasteiger partial charge in [0.15, 0.2) is 0 Å². The first-order valence-electron chi connectivity index (χ1n) is 6.22. The van der Waals surface area contributed by atoms with Gasteiger partial charge in [-0.25, -0.2) is 4.79 Å². The van der Waals surface area contributed by atoms with Crippen molar-refractivity contribution in [3.8, 4) is 0 Å². The first-order valence-corrected chi connectivity index (χ1v) is 8.04. The van der Waals surface area contributed by atoms with E-state index in [0.29, 0.717) is 12.3 Å². The molecule has 2 aliphatic heterocycles. The van der Waals surface area contributed by atoms with Crippen LogP contribution in [0.3, 0.4) is 0 Å². The highest BCUT2D eigenvalue weighted by molar-refractivity contribution is 7.85. The average molecular weight is 277 g/mol. The molecule has 104 valence electrons. The van der Waals surface area contributed by atoms with Gasteiger partial charge in [-0.3, -0.25) is 4.18 Å². The summed E-state index contributed by atoms with van der Waals surface area (Å²) in [7, 11) is -3.37. The molecule has 0 spiro atoms. The van der Waals surface area contributed by atoms with E-state index in [0.717, 1.165) is 31.9 Å². The zero-order chi connectivity index (χ0) is 13.3. The maximum absolute atomic E-state index is 11.1. The molecule has 2 bridgehead atoms. The minimum Gasteiger partial charge on any atom is -0.465 e. The largest absolute Gasteiger partial charge is 0.465 e. The van der Waals surface area contributed by atoms with Crippen LogP contribution < -0.4 is 0 Å². The molecule has 2 atom stereocenters. The van der Waals surface area contributed by atoms with Gasteiger partial charge in [-0.1, -0.05) is 0 Å². The van der Waals surface area contributed by atoms with Crippen LogP contribution in [0.2, 0.25) is 0 Å². The smallest absolute Gasteiger partial charge is 0.407 e. The molecule has 0 aliphatic carbocycles. The Balaban J connectivity index is 1.84. The summed E-state index contributed by atoms with van der Waals surface area (Å²) in [4.78, 5) is 12.7. The standard InChI is InChI=1S/C11H19NO5S/c1-18(15,16)17-5-4-8-6-9-2-3-10(7-8)12(9)11(13)14/h8-10H,2-7H2,1H3,(H,13,14). The minimum absolute atomic E-state index is 0.115. The van der Waals surface area contributed by atoms with E-state index in [4.69, 9.17) is 9.29 Å². The van der Waals surface area contributed by atoms with E-state index in [1.165, 1.54) is 0 Å². The van der Waals surface area contributed by atoms with Crippen molar-refractivity contribution in [3.63, 3.8) is 0 Å². The molecule has 1 amide bonds. The van der Waals surface area contributed by atoms with Crippen LogP contribution in [0, 0.1) is 5.92 Å². The Hall–Kier alpha value is -0.820. The van der Waals surface area contributed by atoms with Crippen molar-refractivity contribution in [1.29, 1.82) is 0 Å². The van der Waals surface area contributed by atoms with Crippen LogP contribution in [0.15, 0.2) is 0 Å². The Bertz CT molecular complexity index is 407. The van der Waals surface area contributed by atoms with Crippen LogP contribution in [0.4, 0.5) is 4.79 Å².